The fourth-order valence-electron chi connectivity index (χ4n) is 12.1. The number of carbonyl (C=O) groups is 3. The summed E-state index contributed by atoms with van der Waals surface area (Å²) < 4.78 is 160. The Morgan fingerprint density at radius 1 is 0.567 bits per heavy atom. The topological polar surface area (TPSA) is 316 Å². The molecule has 4 saturated heterocycles. The van der Waals surface area contributed by atoms with Crippen LogP contribution in [0.1, 0.15) is 124 Å². The Labute approximate surface area is 550 Å². The Morgan fingerprint density at radius 3 is 1.43 bits per heavy atom. The highest BCUT2D eigenvalue weighted by atomic mass is 19.4. The molecule has 4 aromatic rings. The van der Waals surface area contributed by atoms with Crippen LogP contribution in [0, 0.1) is 11.8 Å². The molecular weight excluding hydrogens is 1320 g/mol. The lowest BCUT2D eigenvalue weighted by molar-refractivity contribution is -0.192. The zero-order valence-corrected chi connectivity index (χ0v) is 52.8. The molecule has 4 aliphatic rings. The number of amides is 2. The van der Waals surface area contributed by atoms with Crippen molar-refractivity contribution in [3.8, 4) is 0 Å². The fraction of sp³-hybridized carbons (Fsp3) is 0.619. The first-order valence-corrected chi connectivity index (χ1v) is 31.7. The van der Waals surface area contributed by atoms with Crippen LogP contribution in [-0.4, -0.2) is 187 Å². The molecule has 2 amide bonds. The van der Waals surface area contributed by atoms with Crippen LogP contribution in [0.3, 0.4) is 0 Å². The van der Waals surface area contributed by atoms with E-state index < -0.39 is 121 Å². The SMILES string of the molecule is CCCC1CCN(c2cc(N3C[C@H](O)C[C@H]3C(=O)CCCc3ccc(C(F)(F)F)cc3)nc(C(F)(F)F)n2)CC1.O=C(CCCC1CCN(c2cc(N3C[C@H](O)C[C@H]3C(=O)NCCc3ccc(C(F)(F)F)cc3)nc(C(F)(F)F)n2)CC1)NC[C@H](O)[C@@H](O)[C@H](O)[C@H](O)CO.O=C=O. The van der Waals surface area contributed by atoms with Crippen molar-refractivity contribution in [2.75, 3.05) is 78.6 Å². The van der Waals surface area contributed by atoms with Gasteiger partial charge in [-0.05, 0) is 105 Å². The van der Waals surface area contributed by atoms with Crippen LogP contribution in [0.5, 0.6) is 0 Å². The highest BCUT2D eigenvalue weighted by molar-refractivity contribution is 5.88. The second-order valence-corrected chi connectivity index (χ2v) is 24.4. The number of hydrogen-bond donors (Lipinski definition) is 9. The lowest BCUT2D eigenvalue weighted by Crippen LogP contribution is -2.49. The van der Waals surface area contributed by atoms with Crippen molar-refractivity contribution >= 4 is 47.0 Å². The van der Waals surface area contributed by atoms with Gasteiger partial charge in [0.25, 0.3) is 0 Å². The quantitative estimate of drug-likeness (QED) is 0.0332. The molecule has 22 nitrogen and oxygen atoms in total. The summed E-state index contributed by atoms with van der Waals surface area (Å²) in [6, 6.07) is 10.0. The number of β-amino-alcohol motifs (C(OH)–C–C–N with tert-alkyl or cyclic N) is 2. The molecule has 0 aliphatic carbocycles. The predicted octanol–water partition coefficient (Wildman–Crippen LogP) is 6.23. The number of nitrogens with one attached hydrogen (secondary N) is 2. The molecular formula is C63H80F12N10O12. The largest absolute Gasteiger partial charge is 0.451 e. The molecule has 0 unspecified atom stereocenters. The number of halogens is 12. The maximum atomic E-state index is 14.0. The summed E-state index contributed by atoms with van der Waals surface area (Å²) in [5.74, 6) is -3.41. The third-order valence-electron chi connectivity index (χ3n) is 17.3. The van der Waals surface area contributed by atoms with Crippen LogP contribution in [0.15, 0.2) is 60.7 Å². The average Bonchev–Trinajstić information content (AvgIpc) is 1.77. The van der Waals surface area contributed by atoms with Crippen molar-refractivity contribution in [1.29, 1.82) is 0 Å². The van der Waals surface area contributed by atoms with Crippen molar-refractivity contribution in [3.05, 3.63) is 94.6 Å². The van der Waals surface area contributed by atoms with E-state index in [0.29, 0.717) is 81.7 Å². The molecule has 9 N–H and O–H groups in total. The summed E-state index contributed by atoms with van der Waals surface area (Å²) in [6.07, 6.45) is -20.1. The number of nitrogens with zero attached hydrogens (tertiary/aromatic N) is 8. The number of anilines is 4. The molecule has 0 radical (unpaired) electrons. The van der Waals surface area contributed by atoms with Gasteiger partial charge in [0.05, 0.1) is 42.1 Å². The van der Waals surface area contributed by atoms with E-state index in [2.05, 4.69) is 37.5 Å². The molecule has 4 fully saturated rings. The molecule has 0 saturated carbocycles. The summed E-state index contributed by atoms with van der Waals surface area (Å²) in [5, 5.41) is 73.6. The molecule has 0 bridgehead atoms. The number of Topliss-reactive ketones (excluding diaryl/α,β-unsaturated/α-hetero) is 1. The van der Waals surface area contributed by atoms with Crippen LogP contribution < -0.4 is 30.2 Å². The highest BCUT2D eigenvalue weighted by Crippen LogP contribution is 2.38. The Balaban J connectivity index is 0.000000306. The van der Waals surface area contributed by atoms with Gasteiger partial charge in [0.2, 0.25) is 23.5 Å². The highest BCUT2D eigenvalue weighted by Gasteiger charge is 2.43. The number of aromatic nitrogens is 4. The number of rotatable bonds is 25. The van der Waals surface area contributed by atoms with Crippen molar-refractivity contribution < 1.29 is 112 Å². The molecule has 538 valence electrons. The second kappa shape index (κ2) is 35.4. The minimum Gasteiger partial charge on any atom is -0.394 e. The molecule has 34 heteroatoms. The Hall–Kier alpha value is -7.33. The van der Waals surface area contributed by atoms with E-state index in [-0.39, 0.29) is 92.9 Å². The van der Waals surface area contributed by atoms with Gasteiger partial charge in [0.15, 0.2) is 5.78 Å². The average molecular weight is 1400 g/mol. The number of ketones is 1. The van der Waals surface area contributed by atoms with Crippen LogP contribution in [0.4, 0.5) is 76.0 Å². The van der Waals surface area contributed by atoms with Crippen LogP contribution in [0.2, 0.25) is 0 Å². The molecule has 2 aromatic heterocycles. The zero-order chi connectivity index (χ0) is 71.6. The molecule has 2 aromatic carbocycles. The number of aryl methyl sites for hydroxylation is 1. The third kappa shape index (κ3) is 23.4. The summed E-state index contributed by atoms with van der Waals surface area (Å²) in [4.78, 5) is 76.1. The minimum atomic E-state index is -4.92. The van der Waals surface area contributed by atoms with Gasteiger partial charge in [-0.1, -0.05) is 44.0 Å². The van der Waals surface area contributed by atoms with Crippen molar-refractivity contribution in [2.45, 2.75) is 177 Å². The number of hydrogen-bond acceptors (Lipinski definition) is 20. The van der Waals surface area contributed by atoms with Gasteiger partial charge < -0.3 is 66.0 Å². The summed E-state index contributed by atoms with van der Waals surface area (Å²) in [5.41, 5.74) is -0.398. The van der Waals surface area contributed by atoms with Crippen molar-refractivity contribution in [1.82, 2.24) is 30.6 Å². The molecule has 0 spiro atoms. The summed E-state index contributed by atoms with van der Waals surface area (Å²) in [6.45, 7) is 2.52. The smallest absolute Gasteiger partial charge is 0.394 e. The number of aliphatic hydroxyl groups is 7. The number of aliphatic hydroxyl groups excluding tert-OH is 7. The van der Waals surface area contributed by atoms with E-state index in [1.165, 1.54) is 46.2 Å². The van der Waals surface area contributed by atoms with E-state index in [0.717, 1.165) is 49.9 Å². The van der Waals surface area contributed by atoms with Gasteiger partial charge in [-0.2, -0.15) is 62.3 Å². The first kappa shape index (κ1) is 78.7. The maximum Gasteiger partial charge on any atom is 0.451 e. The number of piperidine rings is 2. The van der Waals surface area contributed by atoms with E-state index >= 15 is 0 Å². The van der Waals surface area contributed by atoms with Gasteiger partial charge in [0, 0.05) is 90.2 Å². The number of alkyl halides is 12. The van der Waals surface area contributed by atoms with Gasteiger partial charge in [-0.3, -0.25) is 14.4 Å². The molecule has 8 atom stereocenters. The predicted molar refractivity (Wildman–Crippen MR) is 323 cm³/mol. The first-order valence-electron chi connectivity index (χ1n) is 31.7. The van der Waals surface area contributed by atoms with Crippen molar-refractivity contribution in [2.24, 2.45) is 11.8 Å². The lowest BCUT2D eigenvalue weighted by atomic mass is 9.91. The Morgan fingerprint density at radius 2 is 0.990 bits per heavy atom. The Bertz CT molecular complexity index is 3190. The summed E-state index contributed by atoms with van der Waals surface area (Å²) >= 11 is 0. The molecule has 4 aliphatic heterocycles. The maximum absolute atomic E-state index is 14.0. The first-order chi connectivity index (χ1) is 45.6. The van der Waals surface area contributed by atoms with Crippen LogP contribution in [0.25, 0.3) is 0 Å². The van der Waals surface area contributed by atoms with E-state index in [1.807, 2.05) is 4.90 Å². The van der Waals surface area contributed by atoms with Crippen LogP contribution >= 0.6 is 0 Å². The van der Waals surface area contributed by atoms with Gasteiger partial charge in [-0.25, -0.2) is 19.9 Å². The lowest BCUT2D eigenvalue weighted by Gasteiger charge is -2.34. The molecule has 6 heterocycles. The van der Waals surface area contributed by atoms with Gasteiger partial charge in [-0.15, -0.1) is 0 Å². The summed E-state index contributed by atoms with van der Waals surface area (Å²) in [7, 11) is 0. The minimum absolute atomic E-state index is 0.00891. The monoisotopic (exact) mass is 1400 g/mol. The third-order valence-corrected chi connectivity index (χ3v) is 17.3. The van der Waals surface area contributed by atoms with E-state index in [9.17, 15) is 97.7 Å². The van der Waals surface area contributed by atoms with Crippen LogP contribution in [-0.2, 0) is 61.5 Å². The fourth-order valence-corrected chi connectivity index (χ4v) is 12.1. The van der Waals surface area contributed by atoms with Crippen molar-refractivity contribution in [3.63, 3.8) is 0 Å². The van der Waals surface area contributed by atoms with E-state index in [1.54, 1.807) is 4.90 Å². The Kier molecular flexibility index (Phi) is 28.7. The zero-order valence-electron chi connectivity index (χ0n) is 52.8. The number of carbonyl (C=O) groups excluding carboxylic acids is 5. The van der Waals surface area contributed by atoms with Gasteiger partial charge >= 0.3 is 30.9 Å². The van der Waals surface area contributed by atoms with E-state index in [4.69, 9.17) is 14.7 Å². The molecule has 8 rings (SSSR count). The van der Waals surface area contributed by atoms with Gasteiger partial charge in [0.1, 0.15) is 47.6 Å². The molecule has 97 heavy (non-hydrogen) atoms. The number of benzene rings is 2. The second-order valence-electron chi connectivity index (χ2n) is 24.4. The standard InChI is InChI=1S/C34H46F6N6O8.C28H34F6N4O2.CO2/c35-33(36,37)21-6-4-20(5-7-21)8-11-41-31(54)23-14-22(48)17-46(23)27-15-26(43-32(44-27)34(38,39)40)45-12-9-19(10-13-45)2-1-3-28(51)42-16-24(49)29(52)30(53)25(50)18-47;1-2-4-18-11-13-37(14-12-18)24-16-25(36-26(35-24)28(32,33)34)38-17-21(39)15-22(38)23(40)6-3-5-19-7-9-20(10-8-19)27(29,30)31;2-1-3/h4-7,15,19,22-25,29-30,47-50,52-53H,1-3,8-14,16-18H2,(H,41,54)(H,42,51);7-10,16,18,21-22,39H,2-6,11-15,17H2,1H3;/t22-,23+,24+,25-,29-,30-;21-,22+;/m11./s1. The normalized spacial score (nSPS) is 20.2.